The summed E-state index contributed by atoms with van der Waals surface area (Å²) in [7, 11) is 0. The van der Waals surface area contributed by atoms with Gasteiger partial charge in [-0.15, -0.1) is 0 Å². The largest absolute Gasteiger partial charge is 0.394 e. The van der Waals surface area contributed by atoms with Gasteiger partial charge < -0.3 is 45.2 Å². The number of fused-ring (bicyclic) bond motifs is 5. The topological polar surface area (TPSA) is 177 Å². The maximum Gasteiger partial charge on any atom is 0.187 e. The summed E-state index contributed by atoms with van der Waals surface area (Å²) < 4.78 is 11.9. The number of ketones is 1. The molecule has 17 atom stereocenters. The zero-order valence-corrected chi connectivity index (χ0v) is 27.9. The smallest absolute Gasteiger partial charge is 0.187 e. The van der Waals surface area contributed by atoms with Gasteiger partial charge in [-0.25, -0.2) is 0 Å². The summed E-state index contributed by atoms with van der Waals surface area (Å²) in [6.45, 7) is 16.1. The fourth-order valence-electron chi connectivity index (χ4n) is 10.6. The quantitative estimate of drug-likeness (QED) is 0.204. The molecule has 0 aromatic heterocycles. The van der Waals surface area contributed by atoms with Crippen LogP contribution in [0.15, 0.2) is 12.2 Å². The summed E-state index contributed by atoms with van der Waals surface area (Å²) in [4.78, 5) is 13.6. The highest BCUT2D eigenvalue weighted by Crippen LogP contribution is 2.68. The Hall–Kier alpha value is -0.950. The molecule has 0 bridgehead atoms. The Morgan fingerprint density at radius 3 is 2.27 bits per heavy atom. The Morgan fingerprint density at radius 2 is 1.64 bits per heavy atom. The van der Waals surface area contributed by atoms with Crippen molar-refractivity contribution in [2.24, 2.45) is 51.8 Å². The lowest BCUT2D eigenvalue weighted by Gasteiger charge is -2.61. The second-order valence-corrected chi connectivity index (χ2v) is 16.8. The summed E-state index contributed by atoms with van der Waals surface area (Å²) in [6, 6.07) is 0. The molecule has 0 radical (unpaired) electrons. The van der Waals surface area contributed by atoms with Crippen LogP contribution in [0, 0.1) is 51.8 Å². The molecule has 0 aromatic rings. The molecule has 4 aliphatic carbocycles. The van der Waals surface area contributed by atoms with Gasteiger partial charge in [0.1, 0.15) is 36.3 Å². The maximum atomic E-state index is 13.6. The van der Waals surface area contributed by atoms with Gasteiger partial charge in [-0.2, -0.15) is 0 Å². The fourth-order valence-corrected chi connectivity index (χ4v) is 10.6. The summed E-state index contributed by atoms with van der Waals surface area (Å²) in [5.41, 5.74) is -0.351. The normalized spacial score (nSPS) is 49.0. The van der Waals surface area contributed by atoms with Crippen LogP contribution in [0.25, 0.3) is 0 Å². The van der Waals surface area contributed by atoms with Crippen molar-refractivity contribution in [1.82, 2.24) is 0 Å². The van der Waals surface area contributed by atoms with E-state index in [1.807, 2.05) is 27.7 Å². The van der Waals surface area contributed by atoms with E-state index in [1.54, 1.807) is 0 Å². The number of aliphatic hydroxyl groups excluding tert-OH is 7. The van der Waals surface area contributed by atoms with Crippen molar-refractivity contribution in [3.63, 3.8) is 0 Å². The third kappa shape index (κ3) is 5.88. The van der Waals surface area contributed by atoms with Crippen LogP contribution in [-0.4, -0.2) is 103 Å². The third-order valence-corrected chi connectivity index (χ3v) is 13.5. The second-order valence-electron chi connectivity index (χ2n) is 16.8. The predicted molar refractivity (Wildman–Crippen MR) is 165 cm³/mol. The van der Waals surface area contributed by atoms with Gasteiger partial charge in [0, 0.05) is 12.3 Å². The van der Waals surface area contributed by atoms with Crippen molar-refractivity contribution in [2.45, 2.75) is 142 Å². The lowest BCUT2D eigenvalue weighted by molar-refractivity contribution is -0.316. The summed E-state index contributed by atoms with van der Waals surface area (Å²) in [5.74, 6) is 0.633. The molecule has 5 fully saturated rings. The van der Waals surface area contributed by atoms with Crippen molar-refractivity contribution < 1.29 is 50.0 Å². The highest BCUT2D eigenvalue weighted by Gasteiger charge is 2.64. The highest BCUT2D eigenvalue weighted by atomic mass is 16.7. The Balaban J connectivity index is 1.38. The predicted octanol–water partition coefficient (Wildman–Crippen LogP) is 1.94. The molecule has 0 unspecified atom stereocenters. The van der Waals surface area contributed by atoms with E-state index in [0.29, 0.717) is 30.8 Å². The first-order valence-corrected chi connectivity index (χ1v) is 17.1. The molecule has 5 rings (SSSR count). The van der Waals surface area contributed by atoms with Crippen LogP contribution in [0.5, 0.6) is 0 Å². The zero-order chi connectivity index (χ0) is 33.4. The van der Waals surface area contributed by atoms with E-state index >= 15 is 0 Å². The summed E-state index contributed by atoms with van der Waals surface area (Å²) in [5, 5.41) is 74.2. The first-order valence-electron chi connectivity index (χ1n) is 17.1. The summed E-state index contributed by atoms with van der Waals surface area (Å²) in [6.07, 6.45) is -5.95. The molecule has 45 heavy (non-hydrogen) atoms. The van der Waals surface area contributed by atoms with Crippen molar-refractivity contribution >= 4 is 5.78 Å². The van der Waals surface area contributed by atoms with E-state index in [4.69, 9.17) is 9.47 Å². The lowest BCUT2D eigenvalue weighted by Crippen LogP contribution is -2.61. The Bertz CT molecular complexity index is 1100. The van der Waals surface area contributed by atoms with E-state index in [0.717, 1.165) is 25.7 Å². The van der Waals surface area contributed by atoms with Crippen molar-refractivity contribution in [3.05, 3.63) is 12.2 Å². The van der Waals surface area contributed by atoms with Crippen LogP contribution in [0.3, 0.4) is 0 Å². The van der Waals surface area contributed by atoms with E-state index in [9.17, 15) is 40.5 Å². The van der Waals surface area contributed by atoms with Crippen molar-refractivity contribution in [3.8, 4) is 0 Å². The standard InChI is InChI=1S/C35H58O10/c1-16(27(40)31(17(2)33(3,4)5)45-32-30(43)29(42)28(41)26(15-36)44-32)19-8-9-20-18-12-23(37)22-13-24(38)25(39)14-35(22,7)21(18)10-11-34(19,20)6/h16,18-22,24-32,36,38-43H,2,8-15H2,1,3-7H3/t16-,18-,19+,20+,21+,22-,24-,25-,26+,27+,28+,29-,30+,31+,32-,34+,35+/m0/s1. The first kappa shape index (κ1) is 35.4. The van der Waals surface area contributed by atoms with Crippen LogP contribution >= 0.6 is 0 Å². The first-order chi connectivity index (χ1) is 20.9. The number of carbonyl (C=O) groups excluding carboxylic acids is 1. The van der Waals surface area contributed by atoms with Gasteiger partial charge in [-0.05, 0) is 89.9 Å². The van der Waals surface area contributed by atoms with Gasteiger partial charge in [0.15, 0.2) is 6.29 Å². The highest BCUT2D eigenvalue weighted by molar-refractivity contribution is 5.83. The molecule has 0 amide bonds. The summed E-state index contributed by atoms with van der Waals surface area (Å²) >= 11 is 0. The second kappa shape index (κ2) is 12.5. The zero-order valence-electron chi connectivity index (χ0n) is 27.9. The molecule has 1 heterocycles. The molecule has 5 aliphatic rings. The molecule has 258 valence electrons. The molecular weight excluding hydrogens is 580 g/mol. The van der Waals surface area contributed by atoms with Gasteiger partial charge >= 0.3 is 0 Å². The lowest BCUT2D eigenvalue weighted by atomic mass is 9.44. The molecule has 10 heteroatoms. The number of Topliss-reactive ketones (excluding diaryl/α,β-unsaturated/α-hetero) is 1. The van der Waals surface area contributed by atoms with Crippen LogP contribution in [0.2, 0.25) is 0 Å². The van der Waals surface area contributed by atoms with Crippen molar-refractivity contribution in [1.29, 1.82) is 0 Å². The van der Waals surface area contributed by atoms with Gasteiger partial charge in [0.2, 0.25) is 0 Å². The molecule has 1 aliphatic heterocycles. The van der Waals surface area contributed by atoms with Gasteiger partial charge in [0.05, 0.1) is 24.9 Å². The molecule has 0 aromatic carbocycles. The number of hydrogen-bond acceptors (Lipinski definition) is 10. The monoisotopic (exact) mass is 638 g/mol. The van der Waals surface area contributed by atoms with Crippen LogP contribution in [-0.2, 0) is 14.3 Å². The Labute approximate surface area is 267 Å². The average Bonchev–Trinajstić information content (AvgIpc) is 3.33. The number of ether oxygens (including phenoxy) is 2. The van der Waals surface area contributed by atoms with Crippen LogP contribution in [0.4, 0.5) is 0 Å². The average molecular weight is 639 g/mol. The number of carbonyl (C=O) groups is 1. The molecular formula is C35H58O10. The van der Waals surface area contributed by atoms with E-state index < -0.39 is 67.1 Å². The Kier molecular flexibility index (Phi) is 9.82. The minimum absolute atomic E-state index is 0.117. The van der Waals surface area contributed by atoms with Gasteiger partial charge in [-0.3, -0.25) is 4.79 Å². The molecule has 1 saturated heterocycles. The molecule has 4 saturated carbocycles. The molecule has 0 spiro atoms. The van der Waals surface area contributed by atoms with Gasteiger partial charge in [0.25, 0.3) is 0 Å². The minimum Gasteiger partial charge on any atom is -0.394 e. The van der Waals surface area contributed by atoms with Gasteiger partial charge in [-0.1, -0.05) is 48.1 Å². The van der Waals surface area contributed by atoms with Crippen LogP contribution in [0.1, 0.15) is 86.5 Å². The van der Waals surface area contributed by atoms with E-state index in [-0.39, 0.29) is 46.2 Å². The fraction of sp³-hybridized carbons (Fsp3) is 0.914. The SMILES string of the molecule is C=C([C@@H](O[C@@H]1O[C@H](CO)[C@@H](O)[C@H](O)[C@H]1O)[C@H](O)[C@@H](C)[C@H]1CC[C@@H]2[C@@H]3CC(=O)[C@@H]4C[C@H](O)[C@@H](O)C[C@]4(C)[C@@H]3CC[C@]12C)C(C)(C)C. The number of hydrogen-bond donors (Lipinski definition) is 7. The Morgan fingerprint density at radius 1 is 1.00 bits per heavy atom. The van der Waals surface area contributed by atoms with E-state index in [2.05, 4.69) is 20.4 Å². The van der Waals surface area contributed by atoms with E-state index in [1.165, 1.54) is 0 Å². The minimum atomic E-state index is -1.60. The number of rotatable bonds is 7. The molecule has 10 nitrogen and oxygen atoms in total. The molecule has 7 N–H and O–H groups in total. The third-order valence-electron chi connectivity index (χ3n) is 13.5. The van der Waals surface area contributed by atoms with Crippen molar-refractivity contribution in [2.75, 3.05) is 6.61 Å². The van der Waals surface area contributed by atoms with Crippen LogP contribution < -0.4 is 0 Å². The number of aliphatic hydroxyl groups is 7. The maximum absolute atomic E-state index is 13.6.